The van der Waals surface area contributed by atoms with Crippen molar-refractivity contribution in [3.05, 3.63) is 72.3 Å². The number of nitrogens with zero attached hydrogens (tertiary/aromatic N) is 1. The summed E-state index contributed by atoms with van der Waals surface area (Å²) < 4.78 is 1.27. The number of para-hydroxylation sites is 1. The summed E-state index contributed by atoms with van der Waals surface area (Å²) in [4.78, 5) is 0. The highest BCUT2D eigenvalue weighted by Crippen LogP contribution is 2.31. The second kappa shape index (κ2) is 4.38. The van der Waals surface area contributed by atoms with Crippen LogP contribution in [0.25, 0.3) is 32.9 Å². The molecule has 0 fully saturated rings. The van der Waals surface area contributed by atoms with Crippen LogP contribution in [0.2, 0.25) is 0 Å². The molecule has 0 aliphatic rings. The topological polar surface area (TPSA) is 25.2 Å². The van der Waals surface area contributed by atoms with Crippen LogP contribution in [0.5, 0.6) is 0 Å². The van der Waals surface area contributed by atoms with Gasteiger partial charge in [0.1, 0.15) is 0 Å². The summed E-state index contributed by atoms with van der Waals surface area (Å²) >= 11 is 0. The summed E-state index contributed by atoms with van der Waals surface area (Å²) in [5, 5.41) is 12.4. The molecule has 0 radical (unpaired) electrons. The van der Waals surface area contributed by atoms with Gasteiger partial charge in [-0.3, -0.25) is 0 Å². The highest BCUT2D eigenvalue weighted by Gasteiger charge is 2.10. The second-order valence-corrected chi connectivity index (χ2v) is 5.43. The molecular weight excluding hydrogens is 258 g/mol. The molecule has 4 aromatic rings. The van der Waals surface area contributed by atoms with E-state index < -0.39 is 0 Å². The number of fused-ring (bicyclic) bond motifs is 3. The molecule has 102 valence electrons. The van der Waals surface area contributed by atoms with Crippen molar-refractivity contribution in [2.75, 3.05) is 0 Å². The van der Waals surface area contributed by atoms with Crippen molar-refractivity contribution in [1.82, 2.24) is 4.73 Å². The number of rotatable bonds is 1. The largest absolute Gasteiger partial charge is 0.428 e. The minimum absolute atomic E-state index is 0.840. The van der Waals surface area contributed by atoms with Gasteiger partial charge in [-0.05, 0) is 36.2 Å². The van der Waals surface area contributed by atoms with Gasteiger partial charge in [-0.15, -0.1) is 0 Å². The van der Waals surface area contributed by atoms with E-state index in [0.29, 0.717) is 0 Å². The third-order valence-corrected chi connectivity index (χ3v) is 4.03. The van der Waals surface area contributed by atoms with Gasteiger partial charge in [0.05, 0.1) is 11.0 Å². The molecule has 21 heavy (non-hydrogen) atoms. The Bertz CT molecular complexity index is 949. The van der Waals surface area contributed by atoms with Gasteiger partial charge in [0.15, 0.2) is 0 Å². The van der Waals surface area contributed by atoms with E-state index in [2.05, 4.69) is 43.3 Å². The number of hydrogen-bond acceptors (Lipinski definition) is 1. The average molecular weight is 273 g/mol. The van der Waals surface area contributed by atoms with Crippen molar-refractivity contribution in [2.24, 2.45) is 0 Å². The lowest BCUT2D eigenvalue weighted by molar-refractivity contribution is 0.213. The standard InChI is InChI=1S/C19H15NO/c1-13-6-8-14(9-7-13)15-10-11-19-17(12-15)16-4-2-3-5-18(16)20(19)21/h2-12,21H,1H3. The lowest BCUT2D eigenvalue weighted by Crippen LogP contribution is -1.88. The molecule has 2 nitrogen and oxygen atoms in total. The predicted octanol–water partition coefficient (Wildman–Crippen LogP) is 5.01. The summed E-state index contributed by atoms with van der Waals surface area (Å²) in [6.07, 6.45) is 0. The van der Waals surface area contributed by atoms with E-state index in [-0.39, 0.29) is 0 Å². The van der Waals surface area contributed by atoms with Crippen LogP contribution < -0.4 is 0 Å². The molecule has 0 saturated carbocycles. The summed E-state index contributed by atoms with van der Waals surface area (Å²) in [5.41, 5.74) is 5.29. The van der Waals surface area contributed by atoms with Gasteiger partial charge in [0.2, 0.25) is 0 Å². The zero-order valence-electron chi connectivity index (χ0n) is 11.7. The normalized spacial score (nSPS) is 11.3. The first-order valence-corrected chi connectivity index (χ1v) is 7.03. The zero-order chi connectivity index (χ0) is 14.4. The van der Waals surface area contributed by atoms with Gasteiger partial charge >= 0.3 is 0 Å². The van der Waals surface area contributed by atoms with Crippen molar-refractivity contribution < 1.29 is 5.21 Å². The SMILES string of the molecule is Cc1ccc(-c2ccc3c(c2)c2ccccc2n3O)cc1. The maximum Gasteiger partial charge on any atom is 0.0879 e. The lowest BCUT2D eigenvalue weighted by atomic mass is 10.0. The minimum Gasteiger partial charge on any atom is -0.428 e. The Morgan fingerprint density at radius 1 is 0.714 bits per heavy atom. The van der Waals surface area contributed by atoms with E-state index in [9.17, 15) is 5.21 Å². The van der Waals surface area contributed by atoms with E-state index >= 15 is 0 Å². The fourth-order valence-electron chi connectivity index (χ4n) is 2.88. The molecule has 1 N–H and O–H groups in total. The number of aromatic nitrogens is 1. The van der Waals surface area contributed by atoms with Crippen molar-refractivity contribution in [1.29, 1.82) is 0 Å². The van der Waals surface area contributed by atoms with Crippen molar-refractivity contribution in [2.45, 2.75) is 6.92 Å². The number of benzene rings is 3. The third-order valence-electron chi connectivity index (χ3n) is 4.03. The molecule has 0 spiro atoms. The molecule has 0 bridgehead atoms. The highest BCUT2D eigenvalue weighted by atomic mass is 16.5. The third kappa shape index (κ3) is 1.80. The minimum atomic E-state index is 0.840. The maximum absolute atomic E-state index is 10.3. The zero-order valence-corrected chi connectivity index (χ0v) is 11.7. The van der Waals surface area contributed by atoms with Gasteiger partial charge in [0.25, 0.3) is 0 Å². The fourth-order valence-corrected chi connectivity index (χ4v) is 2.88. The maximum atomic E-state index is 10.3. The van der Waals surface area contributed by atoms with E-state index in [0.717, 1.165) is 21.8 Å². The predicted molar refractivity (Wildman–Crippen MR) is 86.8 cm³/mol. The first kappa shape index (κ1) is 12.0. The molecule has 0 unspecified atom stereocenters. The Morgan fingerprint density at radius 3 is 2.19 bits per heavy atom. The molecule has 0 aliphatic carbocycles. The number of hydrogen-bond donors (Lipinski definition) is 1. The average Bonchev–Trinajstić information content (AvgIpc) is 2.81. The van der Waals surface area contributed by atoms with Crippen LogP contribution in [0.1, 0.15) is 5.56 Å². The molecule has 2 heteroatoms. The Labute approximate surface area is 122 Å². The summed E-state index contributed by atoms with van der Waals surface area (Å²) in [6.45, 7) is 2.09. The Balaban J connectivity index is 2.01. The van der Waals surface area contributed by atoms with E-state index in [4.69, 9.17) is 0 Å². The van der Waals surface area contributed by atoms with Crippen LogP contribution in [0.15, 0.2) is 66.7 Å². The van der Waals surface area contributed by atoms with Crippen LogP contribution in [0, 0.1) is 6.92 Å². The molecule has 1 aromatic heterocycles. The van der Waals surface area contributed by atoms with Crippen LogP contribution in [-0.2, 0) is 0 Å². The molecule has 0 saturated heterocycles. The summed E-state index contributed by atoms with van der Waals surface area (Å²) in [5.74, 6) is 0. The first-order chi connectivity index (χ1) is 10.2. The first-order valence-electron chi connectivity index (χ1n) is 7.03. The number of aryl methyl sites for hydroxylation is 1. The molecule has 1 heterocycles. The summed E-state index contributed by atoms with van der Waals surface area (Å²) in [6, 6.07) is 22.6. The van der Waals surface area contributed by atoms with Gasteiger partial charge in [-0.25, -0.2) is 0 Å². The molecule has 0 atom stereocenters. The monoisotopic (exact) mass is 273 g/mol. The van der Waals surface area contributed by atoms with Crippen LogP contribution in [0.4, 0.5) is 0 Å². The molecular formula is C19H15NO. The van der Waals surface area contributed by atoms with Crippen LogP contribution >= 0.6 is 0 Å². The van der Waals surface area contributed by atoms with Crippen molar-refractivity contribution in [3.8, 4) is 11.1 Å². The lowest BCUT2D eigenvalue weighted by Gasteiger charge is -2.03. The van der Waals surface area contributed by atoms with Gasteiger partial charge < -0.3 is 5.21 Å². The van der Waals surface area contributed by atoms with Crippen LogP contribution in [-0.4, -0.2) is 9.94 Å². The highest BCUT2D eigenvalue weighted by molar-refractivity contribution is 6.08. The van der Waals surface area contributed by atoms with E-state index in [1.54, 1.807) is 0 Å². The Kier molecular flexibility index (Phi) is 2.51. The van der Waals surface area contributed by atoms with Crippen molar-refractivity contribution >= 4 is 21.8 Å². The van der Waals surface area contributed by atoms with Gasteiger partial charge in [0, 0.05) is 10.8 Å². The molecule has 4 rings (SSSR count). The Hall–Kier alpha value is -2.74. The smallest absolute Gasteiger partial charge is 0.0879 e. The molecule has 3 aromatic carbocycles. The fraction of sp³-hybridized carbons (Fsp3) is 0.0526. The Morgan fingerprint density at radius 2 is 1.38 bits per heavy atom. The van der Waals surface area contributed by atoms with Crippen LogP contribution in [0.3, 0.4) is 0 Å². The van der Waals surface area contributed by atoms with Gasteiger partial charge in [-0.1, -0.05) is 54.1 Å². The molecule has 0 aliphatic heterocycles. The van der Waals surface area contributed by atoms with Crippen molar-refractivity contribution in [3.63, 3.8) is 0 Å². The molecule has 0 amide bonds. The second-order valence-electron chi connectivity index (χ2n) is 5.43. The van der Waals surface area contributed by atoms with E-state index in [1.165, 1.54) is 21.4 Å². The summed E-state index contributed by atoms with van der Waals surface area (Å²) in [7, 11) is 0. The van der Waals surface area contributed by atoms with Gasteiger partial charge in [-0.2, -0.15) is 4.73 Å². The quantitative estimate of drug-likeness (QED) is 0.485. The van der Waals surface area contributed by atoms with E-state index in [1.807, 2.05) is 30.3 Å².